The summed E-state index contributed by atoms with van der Waals surface area (Å²) < 4.78 is 15.7. The number of halogens is 1. The first-order valence-corrected chi connectivity index (χ1v) is 8.23. The molecule has 0 aliphatic carbocycles. The van der Waals surface area contributed by atoms with Crippen molar-refractivity contribution in [3.05, 3.63) is 58.7 Å². The van der Waals surface area contributed by atoms with Crippen LogP contribution in [0.2, 0.25) is 0 Å². The second-order valence-electron chi connectivity index (χ2n) is 6.26. The van der Waals surface area contributed by atoms with Crippen molar-refractivity contribution < 1.29 is 9.50 Å². The van der Waals surface area contributed by atoms with E-state index in [1.807, 2.05) is 26.0 Å². The Morgan fingerprint density at radius 3 is 2.92 bits per heavy atom. The van der Waals surface area contributed by atoms with Crippen LogP contribution in [0.25, 0.3) is 22.1 Å². The number of pyridine rings is 1. The van der Waals surface area contributed by atoms with Crippen molar-refractivity contribution >= 4 is 22.1 Å². The van der Waals surface area contributed by atoms with Gasteiger partial charge in [0.1, 0.15) is 6.07 Å². The molecule has 0 aliphatic rings. The highest BCUT2D eigenvalue weighted by Gasteiger charge is 2.39. The van der Waals surface area contributed by atoms with E-state index in [0.29, 0.717) is 28.5 Å². The number of hydrogen-bond acceptors (Lipinski definition) is 4. The minimum absolute atomic E-state index is 0.168. The number of aliphatic hydroxyl groups is 1. The highest BCUT2D eigenvalue weighted by atomic mass is 19.2. The van der Waals surface area contributed by atoms with Crippen LogP contribution in [0.3, 0.4) is 0 Å². The quantitative estimate of drug-likeness (QED) is 0.528. The number of alkyl halides is 1. The third-order valence-corrected chi connectivity index (χ3v) is 4.62. The van der Waals surface area contributed by atoms with Crippen LogP contribution in [0.1, 0.15) is 35.0 Å². The maximum Gasteiger partial charge on any atom is 0.292 e. The lowest BCUT2D eigenvalue weighted by atomic mass is 9.92. The van der Waals surface area contributed by atoms with E-state index in [-0.39, 0.29) is 17.0 Å². The fourth-order valence-corrected chi connectivity index (χ4v) is 3.39. The van der Waals surface area contributed by atoms with Crippen LogP contribution >= 0.6 is 0 Å². The molecular formula is C19H16FN5O. The maximum absolute atomic E-state index is 15.7. The fraction of sp³-hybridized carbons (Fsp3) is 0.211. The summed E-state index contributed by atoms with van der Waals surface area (Å²) in [5.74, 6) is -3.08. The number of H-pyrrole nitrogens is 2. The molecular weight excluding hydrogens is 333 g/mol. The number of aryl methyl sites for hydroxylation is 2. The minimum Gasteiger partial charge on any atom is -0.361 e. The highest BCUT2D eigenvalue weighted by molar-refractivity contribution is 5.88. The van der Waals surface area contributed by atoms with Gasteiger partial charge in [-0.25, -0.2) is 9.97 Å². The Hall–Kier alpha value is -3.24. The third-order valence-electron chi connectivity index (χ3n) is 4.62. The van der Waals surface area contributed by atoms with Crippen molar-refractivity contribution in [1.82, 2.24) is 19.9 Å². The lowest BCUT2D eigenvalue weighted by Gasteiger charge is -2.22. The number of nitrogens with zero attached hydrogens (tertiary/aromatic N) is 3. The van der Waals surface area contributed by atoms with Gasteiger partial charge in [-0.2, -0.15) is 9.65 Å². The molecule has 6 nitrogen and oxygen atoms in total. The van der Waals surface area contributed by atoms with E-state index in [2.05, 4.69) is 19.9 Å². The Labute approximate surface area is 148 Å². The van der Waals surface area contributed by atoms with Gasteiger partial charge >= 0.3 is 0 Å². The third kappa shape index (κ3) is 2.27. The van der Waals surface area contributed by atoms with Crippen molar-refractivity contribution in [3.63, 3.8) is 0 Å². The van der Waals surface area contributed by atoms with Crippen molar-refractivity contribution in [1.29, 1.82) is 5.26 Å². The molecule has 0 saturated carbocycles. The summed E-state index contributed by atoms with van der Waals surface area (Å²) in [4.78, 5) is 14.0. The van der Waals surface area contributed by atoms with Crippen LogP contribution in [0.5, 0.6) is 0 Å². The van der Waals surface area contributed by atoms with E-state index in [0.717, 1.165) is 11.1 Å². The predicted molar refractivity (Wildman–Crippen MR) is 95.1 cm³/mol. The summed E-state index contributed by atoms with van der Waals surface area (Å²) in [5.41, 5.74) is 3.58. The molecule has 0 aliphatic heterocycles. The van der Waals surface area contributed by atoms with Gasteiger partial charge in [-0.3, -0.25) is 0 Å². The van der Waals surface area contributed by atoms with Crippen LogP contribution in [0.15, 0.2) is 30.6 Å². The van der Waals surface area contributed by atoms with E-state index in [9.17, 15) is 5.11 Å². The Balaban J connectivity index is 1.97. The summed E-state index contributed by atoms with van der Waals surface area (Å²) in [6.07, 6.45) is 3.63. The van der Waals surface area contributed by atoms with Crippen LogP contribution < -0.4 is 0 Å². The molecule has 3 heterocycles. The fourth-order valence-electron chi connectivity index (χ4n) is 3.39. The number of aromatic nitrogens is 4. The van der Waals surface area contributed by atoms with Crippen LogP contribution in [-0.2, 0) is 12.3 Å². The van der Waals surface area contributed by atoms with Gasteiger partial charge in [0, 0.05) is 28.9 Å². The highest BCUT2D eigenvalue weighted by Crippen LogP contribution is 2.38. The number of nitrogens with one attached hydrogen (secondary N) is 2. The standard InChI is InChI=1S/C19H16FN5O/c1-3-12-6-10(2)16-13(4-5-22-16)15(12)19(20,26)18-24-14-7-11(8-21)9-23-17(14)25-18/h4-7,9,22,26H,3H2,1-2H3,(H,23,24,25). The molecule has 1 unspecified atom stereocenters. The van der Waals surface area contributed by atoms with Crippen LogP contribution in [0, 0.1) is 18.3 Å². The molecule has 0 amide bonds. The molecule has 0 radical (unpaired) electrons. The molecule has 0 spiro atoms. The normalized spacial score (nSPS) is 13.8. The topological polar surface area (TPSA) is 101 Å². The Bertz CT molecular complexity index is 1180. The monoisotopic (exact) mass is 349 g/mol. The minimum atomic E-state index is -2.83. The summed E-state index contributed by atoms with van der Waals surface area (Å²) >= 11 is 0. The van der Waals surface area contributed by atoms with Gasteiger partial charge in [0.2, 0.25) is 0 Å². The van der Waals surface area contributed by atoms with Crippen LogP contribution in [0.4, 0.5) is 4.39 Å². The van der Waals surface area contributed by atoms with E-state index < -0.39 is 5.85 Å². The number of aromatic amines is 2. The number of hydrogen-bond donors (Lipinski definition) is 3. The molecule has 4 aromatic rings. The van der Waals surface area contributed by atoms with Crippen molar-refractivity contribution in [2.45, 2.75) is 26.1 Å². The molecule has 3 aromatic heterocycles. The number of benzene rings is 1. The van der Waals surface area contributed by atoms with E-state index in [1.54, 1.807) is 12.3 Å². The number of rotatable bonds is 3. The van der Waals surface area contributed by atoms with Crippen LogP contribution in [-0.4, -0.2) is 25.0 Å². The van der Waals surface area contributed by atoms with E-state index >= 15 is 4.39 Å². The zero-order valence-corrected chi connectivity index (χ0v) is 14.3. The molecule has 3 N–H and O–H groups in total. The average Bonchev–Trinajstić information content (AvgIpc) is 3.27. The maximum atomic E-state index is 15.7. The smallest absolute Gasteiger partial charge is 0.292 e. The summed E-state index contributed by atoms with van der Waals surface area (Å²) in [6.45, 7) is 3.85. The zero-order valence-electron chi connectivity index (χ0n) is 14.3. The van der Waals surface area contributed by atoms with Crippen molar-refractivity contribution in [2.75, 3.05) is 0 Å². The van der Waals surface area contributed by atoms with Crippen molar-refractivity contribution in [3.8, 4) is 6.07 Å². The van der Waals surface area contributed by atoms with Gasteiger partial charge < -0.3 is 15.1 Å². The molecule has 4 rings (SSSR count). The molecule has 7 heteroatoms. The Morgan fingerprint density at radius 2 is 2.19 bits per heavy atom. The Kier molecular flexibility index (Phi) is 3.53. The summed E-state index contributed by atoms with van der Waals surface area (Å²) in [5, 5.41) is 20.4. The molecule has 0 fully saturated rings. The predicted octanol–water partition coefficient (Wildman–Crippen LogP) is 3.34. The number of nitriles is 1. The van der Waals surface area contributed by atoms with E-state index in [1.165, 1.54) is 12.3 Å². The number of imidazole rings is 1. The molecule has 0 saturated heterocycles. The summed E-state index contributed by atoms with van der Waals surface area (Å²) in [6, 6.07) is 7.11. The molecule has 1 atom stereocenters. The average molecular weight is 349 g/mol. The lowest BCUT2D eigenvalue weighted by molar-refractivity contribution is -0.0608. The van der Waals surface area contributed by atoms with Gasteiger partial charge in [0.05, 0.1) is 11.1 Å². The van der Waals surface area contributed by atoms with Crippen molar-refractivity contribution in [2.24, 2.45) is 0 Å². The molecule has 26 heavy (non-hydrogen) atoms. The van der Waals surface area contributed by atoms with Gasteiger partial charge in [-0.1, -0.05) is 13.0 Å². The first-order valence-electron chi connectivity index (χ1n) is 8.23. The largest absolute Gasteiger partial charge is 0.361 e. The lowest BCUT2D eigenvalue weighted by Crippen LogP contribution is -2.25. The van der Waals surface area contributed by atoms with Gasteiger partial charge in [0.15, 0.2) is 11.5 Å². The Morgan fingerprint density at radius 1 is 1.38 bits per heavy atom. The summed E-state index contributed by atoms with van der Waals surface area (Å²) in [7, 11) is 0. The molecule has 130 valence electrons. The first-order chi connectivity index (χ1) is 12.5. The SMILES string of the molecule is CCc1cc(C)c2[nH]ccc2c1C(O)(F)c1nc2ncc(C#N)cc2[nH]1. The molecule has 0 bridgehead atoms. The second-order valence-corrected chi connectivity index (χ2v) is 6.26. The molecule has 1 aromatic carbocycles. The van der Waals surface area contributed by atoms with Gasteiger partial charge in [0.25, 0.3) is 5.85 Å². The first kappa shape index (κ1) is 16.2. The van der Waals surface area contributed by atoms with Gasteiger partial charge in [-0.15, -0.1) is 0 Å². The van der Waals surface area contributed by atoms with E-state index in [4.69, 9.17) is 5.26 Å². The zero-order chi connectivity index (χ0) is 18.5. The van der Waals surface area contributed by atoms with Gasteiger partial charge in [-0.05, 0) is 36.6 Å². The second kappa shape index (κ2) is 5.64. The number of fused-ring (bicyclic) bond motifs is 2.